The van der Waals surface area contributed by atoms with E-state index in [1.807, 2.05) is 0 Å². The minimum Gasteiger partial charge on any atom is -0.365 e. The molecule has 2 aromatic rings. The monoisotopic (exact) mass is 394 g/mol. The van der Waals surface area contributed by atoms with Crippen molar-refractivity contribution >= 4 is 28.2 Å². The van der Waals surface area contributed by atoms with Crippen molar-refractivity contribution < 1.29 is 23.7 Å². The number of rotatable bonds is 6. The van der Waals surface area contributed by atoms with Gasteiger partial charge in [-0.2, -0.15) is 0 Å². The molecule has 5 N–H and O–H groups in total. The van der Waals surface area contributed by atoms with Crippen LogP contribution in [0.15, 0.2) is 18.2 Å². The SMILES string of the molecule is C[C@H]([NH2+]CC(=O)Nc1sc2c(c1C(N)=O)CCCC2)c1ccc(F)cc1F. The topological polar surface area (TPSA) is 88.8 Å². The number of hydrogen-bond donors (Lipinski definition) is 3. The number of primary amides is 1. The molecular formula is C19H22F2N3O2S+. The van der Waals surface area contributed by atoms with Crippen LogP contribution in [0, 0.1) is 11.6 Å². The van der Waals surface area contributed by atoms with Crippen LogP contribution in [0.2, 0.25) is 0 Å². The summed E-state index contributed by atoms with van der Waals surface area (Å²) in [6.07, 6.45) is 3.76. The number of carbonyl (C=O) groups is 2. The van der Waals surface area contributed by atoms with Gasteiger partial charge in [0.05, 0.1) is 5.56 Å². The molecule has 8 heteroatoms. The standard InChI is InChI=1S/C19H21F2N3O2S/c1-10(12-7-6-11(20)8-14(12)21)23-9-16(25)24-19-17(18(22)26)13-4-2-3-5-15(13)27-19/h6-8,10,23H,2-5,9H2,1H3,(H2,22,26)(H,24,25)/p+1/t10-/m0/s1. The van der Waals surface area contributed by atoms with E-state index in [9.17, 15) is 18.4 Å². The van der Waals surface area contributed by atoms with Gasteiger partial charge < -0.3 is 16.4 Å². The summed E-state index contributed by atoms with van der Waals surface area (Å²) in [5, 5.41) is 4.92. The van der Waals surface area contributed by atoms with Crippen LogP contribution in [-0.2, 0) is 17.6 Å². The maximum Gasteiger partial charge on any atom is 0.280 e. The maximum atomic E-state index is 13.8. The van der Waals surface area contributed by atoms with Crippen molar-refractivity contribution in [3.05, 3.63) is 51.4 Å². The predicted octanol–water partition coefficient (Wildman–Crippen LogP) is 2.27. The van der Waals surface area contributed by atoms with Crippen molar-refractivity contribution in [2.75, 3.05) is 11.9 Å². The number of anilines is 1. The van der Waals surface area contributed by atoms with Crippen LogP contribution in [0.25, 0.3) is 0 Å². The molecule has 0 radical (unpaired) electrons. The Morgan fingerprint density at radius 1 is 1.30 bits per heavy atom. The number of hydrogen-bond acceptors (Lipinski definition) is 3. The van der Waals surface area contributed by atoms with Gasteiger partial charge in [0.2, 0.25) is 0 Å². The number of nitrogens with two attached hydrogens (primary N) is 2. The van der Waals surface area contributed by atoms with Gasteiger partial charge >= 0.3 is 0 Å². The molecule has 0 aliphatic heterocycles. The van der Waals surface area contributed by atoms with Gasteiger partial charge in [-0.3, -0.25) is 9.59 Å². The third-order valence-electron chi connectivity index (χ3n) is 4.78. The first-order valence-electron chi connectivity index (χ1n) is 8.89. The predicted molar refractivity (Wildman–Crippen MR) is 99.7 cm³/mol. The van der Waals surface area contributed by atoms with Crippen molar-refractivity contribution in [1.82, 2.24) is 0 Å². The lowest BCUT2D eigenvalue weighted by atomic mass is 9.95. The van der Waals surface area contributed by atoms with Crippen molar-refractivity contribution in [2.45, 2.75) is 38.6 Å². The summed E-state index contributed by atoms with van der Waals surface area (Å²) in [5.41, 5.74) is 7.23. The van der Waals surface area contributed by atoms with Crippen LogP contribution in [0.3, 0.4) is 0 Å². The Morgan fingerprint density at radius 2 is 2.04 bits per heavy atom. The van der Waals surface area contributed by atoms with Crippen LogP contribution in [-0.4, -0.2) is 18.4 Å². The lowest BCUT2D eigenvalue weighted by Gasteiger charge is -2.12. The fourth-order valence-corrected chi connectivity index (χ4v) is 4.68. The summed E-state index contributed by atoms with van der Waals surface area (Å²) in [4.78, 5) is 25.3. The molecule has 5 nitrogen and oxygen atoms in total. The summed E-state index contributed by atoms with van der Waals surface area (Å²) >= 11 is 1.40. The van der Waals surface area contributed by atoms with E-state index in [-0.39, 0.29) is 18.5 Å². The summed E-state index contributed by atoms with van der Waals surface area (Å²) in [7, 11) is 0. The third kappa shape index (κ3) is 4.33. The third-order valence-corrected chi connectivity index (χ3v) is 5.99. The largest absolute Gasteiger partial charge is 0.365 e. The molecule has 1 aliphatic rings. The van der Waals surface area contributed by atoms with Gasteiger partial charge in [0.1, 0.15) is 22.7 Å². The second-order valence-electron chi connectivity index (χ2n) is 6.72. The minimum atomic E-state index is -0.638. The lowest BCUT2D eigenvalue weighted by Crippen LogP contribution is -2.86. The first kappa shape index (κ1) is 19.4. The number of fused-ring (bicyclic) bond motifs is 1. The molecule has 0 bridgehead atoms. The molecule has 0 spiro atoms. The van der Waals surface area contributed by atoms with Crippen LogP contribution >= 0.6 is 11.3 Å². The quantitative estimate of drug-likeness (QED) is 0.702. The highest BCUT2D eigenvalue weighted by molar-refractivity contribution is 7.17. The van der Waals surface area contributed by atoms with Crippen molar-refractivity contribution in [3.63, 3.8) is 0 Å². The molecule has 1 aromatic heterocycles. The van der Waals surface area contributed by atoms with Crippen LogP contribution < -0.4 is 16.4 Å². The number of carbonyl (C=O) groups excluding carboxylic acids is 2. The molecule has 0 saturated heterocycles. The van der Waals surface area contributed by atoms with Gasteiger partial charge in [-0.1, -0.05) is 0 Å². The van der Waals surface area contributed by atoms with Crippen LogP contribution in [0.5, 0.6) is 0 Å². The van der Waals surface area contributed by atoms with E-state index in [4.69, 9.17) is 5.73 Å². The molecule has 0 saturated carbocycles. The van der Waals surface area contributed by atoms with Crippen LogP contribution in [0.4, 0.5) is 13.8 Å². The van der Waals surface area contributed by atoms with E-state index in [1.54, 1.807) is 12.2 Å². The Morgan fingerprint density at radius 3 is 2.74 bits per heavy atom. The molecule has 1 aliphatic carbocycles. The molecule has 1 aromatic carbocycles. The number of benzene rings is 1. The average Bonchev–Trinajstić information content (AvgIpc) is 2.97. The molecule has 3 rings (SSSR count). The summed E-state index contributed by atoms with van der Waals surface area (Å²) in [6.45, 7) is 1.78. The fraction of sp³-hybridized carbons (Fsp3) is 0.368. The zero-order valence-corrected chi connectivity index (χ0v) is 15.8. The maximum absolute atomic E-state index is 13.8. The summed E-state index contributed by atoms with van der Waals surface area (Å²) in [5.74, 6) is -2.11. The smallest absolute Gasteiger partial charge is 0.280 e. The second-order valence-corrected chi connectivity index (χ2v) is 7.83. The average molecular weight is 394 g/mol. The molecule has 1 atom stereocenters. The van der Waals surface area contributed by atoms with Crippen LogP contribution in [0.1, 0.15) is 52.2 Å². The van der Waals surface area contributed by atoms with Crippen molar-refractivity contribution in [2.24, 2.45) is 5.73 Å². The molecular weight excluding hydrogens is 372 g/mol. The normalized spacial score (nSPS) is 14.5. The van der Waals surface area contributed by atoms with Gasteiger partial charge in [-0.15, -0.1) is 11.3 Å². The number of aryl methyl sites for hydroxylation is 1. The molecule has 144 valence electrons. The Balaban J connectivity index is 1.66. The van der Waals surface area contributed by atoms with E-state index in [0.29, 0.717) is 16.1 Å². The molecule has 1 heterocycles. The Hall–Kier alpha value is -2.32. The summed E-state index contributed by atoms with van der Waals surface area (Å²) < 4.78 is 26.9. The minimum absolute atomic E-state index is 0.0404. The number of quaternary nitrogens is 1. The zero-order valence-electron chi connectivity index (χ0n) is 15.0. The van der Waals surface area contributed by atoms with Gasteiger partial charge in [-0.05, 0) is 50.3 Å². The molecule has 27 heavy (non-hydrogen) atoms. The number of amides is 2. The van der Waals surface area contributed by atoms with E-state index < -0.39 is 17.5 Å². The highest BCUT2D eigenvalue weighted by atomic mass is 32.1. The van der Waals surface area contributed by atoms with Gasteiger partial charge in [0.25, 0.3) is 11.8 Å². The van der Waals surface area contributed by atoms with E-state index in [1.165, 1.54) is 23.5 Å². The van der Waals surface area contributed by atoms with Crippen molar-refractivity contribution in [3.8, 4) is 0 Å². The number of nitrogens with one attached hydrogen (secondary N) is 1. The second kappa shape index (κ2) is 8.14. The van der Waals surface area contributed by atoms with Gasteiger partial charge in [-0.25, -0.2) is 8.78 Å². The van der Waals surface area contributed by atoms with E-state index >= 15 is 0 Å². The Bertz CT molecular complexity index is 882. The Labute approximate surface area is 160 Å². The molecule has 0 unspecified atom stereocenters. The van der Waals surface area contributed by atoms with E-state index in [0.717, 1.165) is 42.2 Å². The highest BCUT2D eigenvalue weighted by Crippen LogP contribution is 2.37. The van der Waals surface area contributed by atoms with Gasteiger partial charge in [0.15, 0.2) is 6.54 Å². The Kier molecular flexibility index (Phi) is 5.86. The molecule has 2 amide bonds. The zero-order chi connectivity index (χ0) is 19.6. The number of halogens is 2. The number of thiophene rings is 1. The first-order valence-corrected chi connectivity index (χ1v) is 9.71. The first-order chi connectivity index (χ1) is 12.9. The van der Waals surface area contributed by atoms with Crippen molar-refractivity contribution in [1.29, 1.82) is 0 Å². The lowest BCUT2D eigenvalue weighted by molar-refractivity contribution is -0.682. The molecule has 0 fully saturated rings. The fourth-order valence-electron chi connectivity index (χ4n) is 3.37. The van der Waals surface area contributed by atoms with Gasteiger partial charge in [0, 0.05) is 16.5 Å². The highest BCUT2D eigenvalue weighted by Gasteiger charge is 2.25. The van der Waals surface area contributed by atoms with E-state index in [2.05, 4.69) is 5.32 Å². The summed E-state index contributed by atoms with van der Waals surface area (Å²) in [6, 6.07) is 3.04.